The Hall–Kier alpha value is -1.56. The van der Waals surface area contributed by atoms with Gasteiger partial charge in [-0.25, -0.2) is 13.2 Å². The molecule has 1 fully saturated rings. The highest BCUT2D eigenvalue weighted by molar-refractivity contribution is 7.91. The van der Waals surface area contributed by atoms with Crippen molar-refractivity contribution in [2.24, 2.45) is 0 Å². The third kappa shape index (κ3) is 3.91. The van der Waals surface area contributed by atoms with E-state index in [1.807, 2.05) is 6.92 Å². The van der Waals surface area contributed by atoms with E-state index in [0.29, 0.717) is 19.5 Å². The van der Waals surface area contributed by atoms with Crippen molar-refractivity contribution in [1.29, 1.82) is 0 Å². The van der Waals surface area contributed by atoms with E-state index in [0.717, 1.165) is 18.4 Å². The molecule has 1 heterocycles. The van der Waals surface area contributed by atoms with E-state index in [4.69, 9.17) is 0 Å². The summed E-state index contributed by atoms with van der Waals surface area (Å²) in [6.45, 7) is 2.90. The van der Waals surface area contributed by atoms with Gasteiger partial charge in [0.05, 0.1) is 11.5 Å². The second kappa shape index (κ2) is 7.13. The molecule has 0 radical (unpaired) electrons. The number of rotatable bonds is 4. The molecule has 0 spiro atoms. The molecular weight excluding hydrogens is 324 g/mol. The first-order valence-corrected chi connectivity index (χ1v) is 10.7. The summed E-state index contributed by atoms with van der Waals surface area (Å²) in [6.07, 6.45) is 5.32. The van der Waals surface area contributed by atoms with E-state index in [1.54, 1.807) is 4.90 Å². The summed E-state index contributed by atoms with van der Waals surface area (Å²) in [7, 11) is -2.98. The molecule has 2 aliphatic rings. The Kier molecular flexibility index (Phi) is 5.13. The minimum Gasteiger partial charge on any atom is -0.334 e. The first kappa shape index (κ1) is 17.3. The lowest BCUT2D eigenvalue weighted by Crippen LogP contribution is -2.46. The van der Waals surface area contributed by atoms with Gasteiger partial charge in [0.1, 0.15) is 0 Å². The number of sulfone groups is 1. The van der Waals surface area contributed by atoms with Crippen LogP contribution >= 0.6 is 0 Å². The largest absolute Gasteiger partial charge is 0.334 e. The van der Waals surface area contributed by atoms with Gasteiger partial charge in [0.25, 0.3) is 0 Å². The minimum absolute atomic E-state index is 0.0904. The minimum atomic E-state index is -2.98. The lowest BCUT2D eigenvalue weighted by molar-refractivity contribution is 0.183. The third-order valence-corrected chi connectivity index (χ3v) is 6.86. The number of nitrogens with one attached hydrogen (secondary N) is 1. The molecule has 1 aliphatic carbocycles. The number of nitrogens with zero attached hydrogens (tertiary/aromatic N) is 1. The molecule has 1 N–H and O–H groups in total. The number of carbonyl (C=O) groups is 1. The number of amides is 2. The van der Waals surface area contributed by atoms with E-state index in [-0.39, 0.29) is 23.6 Å². The highest BCUT2D eigenvalue weighted by Gasteiger charge is 2.33. The zero-order valence-corrected chi connectivity index (χ0v) is 15.1. The highest BCUT2D eigenvalue weighted by Crippen LogP contribution is 2.22. The van der Waals surface area contributed by atoms with Crippen LogP contribution in [0.25, 0.3) is 0 Å². The molecule has 1 aliphatic heterocycles. The molecule has 0 aromatic heterocycles. The molecular formula is C18H26N2O3S. The Morgan fingerprint density at radius 2 is 2.00 bits per heavy atom. The molecule has 1 unspecified atom stereocenters. The molecule has 1 saturated heterocycles. The number of hydrogen-bond acceptors (Lipinski definition) is 3. The third-order valence-electron chi connectivity index (χ3n) is 5.11. The molecule has 1 aromatic carbocycles. The van der Waals surface area contributed by atoms with Crippen molar-refractivity contribution in [3.8, 4) is 0 Å². The quantitative estimate of drug-likeness (QED) is 0.906. The van der Waals surface area contributed by atoms with E-state index < -0.39 is 9.84 Å². The zero-order valence-electron chi connectivity index (χ0n) is 14.3. The number of carbonyl (C=O) groups excluding carboxylic acids is 1. The van der Waals surface area contributed by atoms with Gasteiger partial charge in [-0.15, -0.1) is 0 Å². The lowest BCUT2D eigenvalue weighted by Gasteiger charge is -2.27. The summed E-state index contributed by atoms with van der Waals surface area (Å²) < 4.78 is 23.3. The van der Waals surface area contributed by atoms with Crippen LogP contribution < -0.4 is 5.32 Å². The van der Waals surface area contributed by atoms with E-state index in [1.165, 1.54) is 24.0 Å². The standard InChI is InChI=1S/C18H26N2O3S/c1-2-20(17-9-10-24(22,23)13-17)18(21)19-12-14-7-8-15-5-3-4-6-16(15)11-14/h7-8,11,17H,2-6,9-10,12-13H2,1H3,(H,19,21). The molecule has 2 amide bonds. The van der Waals surface area contributed by atoms with Gasteiger partial charge < -0.3 is 10.2 Å². The topological polar surface area (TPSA) is 66.5 Å². The van der Waals surface area contributed by atoms with Gasteiger partial charge in [-0.2, -0.15) is 0 Å². The van der Waals surface area contributed by atoms with Gasteiger partial charge in [-0.05, 0) is 55.7 Å². The van der Waals surface area contributed by atoms with Crippen LogP contribution in [0.3, 0.4) is 0 Å². The van der Waals surface area contributed by atoms with Crippen LogP contribution in [0.15, 0.2) is 18.2 Å². The second-order valence-corrected chi connectivity index (χ2v) is 9.04. The summed E-state index contributed by atoms with van der Waals surface area (Å²) in [6, 6.07) is 6.10. The summed E-state index contributed by atoms with van der Waals surface area (Å²) in [5.41, 5.74) is 3.95. The van der Waals surface area contributed by atoms with Crippen LogP contribution in [0.1, 0.15) is 42.9 Å². The highest BCUT2D eigenvalue weighted by atomic mass is 32.2. The van der Waals surface area contributed by atoms with Gasteiger partial charge in [-0.1, -0.05) is 18.2 Å². The summed E-state index contributed by atoms with van der Waals surface area (Å²) in [4.78, 5) is 14.1. The molecule has 0 saturated carbocycles. The van der Waals surface area contributed by atoms with Crippen LogP contribution in [-0.2, 0) is 29.2 Å². The molecule has 5 nitrogen and oxygen atoms in total. The SMILES string of the molecule is CCN(C(=O)NCc1ccc2c(c1)CCCC2)C1CCS(=O)(=O)C1. The zero-order chi connectivity index (χ0) is 17.2. The van der Waals surface area contributed by atoms with E-state index >= 15 is 0 Å². The predicted molar refractivity (Wildman–Crippen MR) is 94.8 cm³/mol. The van der Waals surface area contributed by atoms with E-state index in [9.17, 15) is 13.2 Å². The first-order valence-electron chi connectivity index (χ1n) is 8.84. The summed E-state index contributed by atoms with van der Waals surface area (Å²) >= 11 is 0. The monoisotopic (exact) mass is 350 g/mol. The number of urea groups is 1. The van der Waals surface area contributed by atoms with Gasteiger partial charge in [0, 0.05) is 19.1 Å². The van der Waals surface area contributed by atoms with Crippen molar-refractivity contribution in [2.75, 3.05) is 18.1 Å². The molecule has 132 valence electrons. The number of hydrogen-bond donors (Lipinski definition) is 1. The Morgan fingerprint density at radius 1 is 1.25 bits per heavy atom. The van der Waals surface area contributed by atoms with Crippen LogP contribution in [0.4, 0.5) is 4.79 Å². The predicted octanol–water partition coefficient (Wildman–Crippen LogP) is 2.28. The van der Waals surface area contributed by atoms with Crippen molar-refractivity contribution in [1.82, 2.24) is 10.2 Å². The normalized spacial score (nSPS) is 22.0. The molecule has 3 rings (SSSR count). The summed E-state index contributed by atoms with van der Waals surface area (Å²) in [5, 5.41) is 2.95. The number of fused-ring (bicyclic) bond motifs is 1. The molecule has 0 bridgehead atoms. The van der Waals surface area contributed by atoms with Crippen LogP contribution in [0.5, 0.6) is 0 Å². The van der Waals surface area contributed by atoms with Gasteiger partial charge >= 0.3 is 6.03 Å². The van der Waals surface area contributed by atoms with Crippen LogP contribution in [0.2, 0.25) is 0 Å². The number of aryl methyl sites for hydroxylation is 2. The Bertz CT molecular complexity index is 715. The Balaban J connectivity index is 1.60. The molecule has 1 atom stereocenters. The van der Waals surface area contributed by atoms with Crippen molar-refractivity contribution in [3.05, 3.63) is 34.9 Å². The van der Waals surface area contributed by atoms with Gasteiger partial charge in [0.2, 0.25) is 0 Å². The van der Waals surface area contributed by atoms with E-state index in [2.05, 4.69) is 23.5 Å². The van der Waals surface area contributed by atoms with Crippen molar-refractivity contribution in [3.63, 3.8) is 0 Å². The summed E-state index contributed by atoms with van der Waals surface area (Å²) in [5.74, 6) is 0.277. The average Bonchev–Trinajstić information content (AvgIpc) is 2.93. The fraction of sp³-hybridized carbons (Fsp3) is 0.611. The molecule has 1 aromatic rings. The molecule has 6 heteroatoms. The van der Waals surface area contributed by atoms with Crippen molar-refractivity contribution in [2.45, 2.75) is 51.6 Å². The van der Waals surface area contributed by atoms with Crippen molar-refractivity contribution >= 4 is 15.9 Å². The van der Waals surface area contributed by atoms with Crippen molar-refractivity contribution < 1.29 is 13.2 Å². The maximum absolute atomic E-state index is 12.5. The average molecular weight is 350 g/mol. The maximum atomic E-state index is 12.5. The number of benzene rings is 1. The maximum Gasteiger partial charge on any atom is 0.317 e. The van der Waals surface area contributed by atoms with Crippen LogP contribution in [-0.4, -0.2) is 43.4 Å². The van der Waals surface area contributed by atoms with Gasteiger partial charge in [-0.3, -0.25) is 0 Å². The second-order valence-electron chi connectivity index (χ2n) is 6.81. The smallest absolute Gasteiger partial charge is 0.317 e. The lowest BCUT2D eigenvalue weighted by atomic mass is 9.90. The first-order chi connectivity index (χ1) is 11.5. The fourth-order valence-corrected chi connectivity index (χ4v) is 5.50. The van der Waals surface area contributed by atoms with Crippen LogP contribution in [0, 0.1) is 0 Å². The Morgan fingerprint density at radius 3 is 2.67 bits per heavy atom. The molecule has 24 heavy (non-hydrogen) atoms. The Labute approximate surface area is 144 Å². The van der Waals surface area contributed by atoms with Gasteiger partial charge in [0.15, 0.2) is 9.84 Å². The fourth-order valence-electron chi connectivity index (χ4n) is 3.76.